The normalized spacial score (nSPS) is 16.3. The first-order valence-electron chi connectivity index (χ1n) is 6.22. The second-order valence-electron chi connectivity index (χ2n) is 4.67. The summed E-state index contributed by atoms with van der Waals surface area (Å²) in [5, 5.41) is 9.04. The Labute approximate surface area is 116 Å². The molecule has 2 aromatic rings. The summed E-state index contributed by atoms with van der Waals surface area (Å²) in [6.45, 7) is 2.48. The second kappa shape index (κ2) is 4.72. The number of aliphatic hydroxyl groups excluding tert-OH is 1. The number of sulfonamides is 1. The molecule has 0 saturated carbocycles. The fraction of sp³-hybridized carbons (Fsp3) is 0.417. The van der Waals surface area contributed by atoms with Crippen molar-refractivity contribution in [3.05, 3.63) is 35.8 Å². The molecule has 1 aliphatic heterocycles. The van der Waals surface area contributed by atoms with Gasteiger partial charge in [-0.05, 0) is 6.92 Å². The van der Waals surface area contributed by atoms with E-state index in [-0.39, 0.29) is 23.8 Å². The number of nitrogens with zero attached hydrogens (tertiary/aromatic N) is 3. The highest BCUT2D eigenvalue weighted by Crippen LogP contribution is 2.26. The van der Waals surface area contributed by atoms with Crippen molar-refractivity contribution in [1.29, 1.82) is 0 Å². The van der Waals surface area contributed by atoms with Crippen molar-refractivity contribution in [1.82, 2.24) is 13.9 Å². The van der Waals surface area contributed by atoms with Crippen molar-refractivity contribution in [3.63, 3.8) is 0 Å². The quantitative estimate of drug-likeness (QED) is 0.890. The minimum atomic E-state index is -3.63. The number of hydrogen-bond acceptors (Lipinski definition) is 5. The number of fused-ring (bicyclic) bond motifs is 1. The third-order valence-corrected chi connectivity index (χ3v) is 5.36. The van der Waals surface area contributed by atoms with E-state index in [2.05, 4.69) is 4.98 Å². The van der Waals surface area contributed by atoms with Crippen LogP contribution in [0.15, 0.2) is 27.8 Å². The highest BCUT2D eigenvalue weighted by atomic mass is 32.2. The molecule has 0 fully saturated rings. The molecule has 108 valence electrons. The van der Waals surface area contributed by atoms with Gasteiger partial charge in [0.2, 0.25) is 10.0 Å². The Morgan fingerprint density at radius 2 is 2.25 bits per heavy atom. The molecule has 0 spiro atoms. The lowest BCUT2D eigenvalue weighted by Crippen LogP contribution is -2.38. The average Bonchev–Trinajstić information content (AvgIpc) is 3.03. The summed E-state index contributed by atoms with van der Waals surface area (Å²) in [7, 11) is -3.63. The van der Waals surface area contributed by atoms with Crippen LogP contribution in [0.3, 0.4) is 0 Å². The zero-order valence-electron chi connectivity index (χ0n) is 11.0. The molecule has 0 atom stereocenters. The average molecular weight is 297 g/mol. The van der Waals surface area contributed by atoms with Gasteiger partial charge in [-0.25, -0.2) is 13.4 Å². The van der Waals surface area contributed by atoms with Gasteiger partial charge in [-0.2, -0.15) is 4.31 Å². The van der Waals surface area contributed by atoms with E-state index >= 15 is 0 Å². The molecule has 0 radical (unpaired) electrons. The fourth-order valence-electron chi connectivity index (χ4n) is 2.35. The maximum Gasteiger partial charge on any atom is 0.247 e. The second-order valence-corrected chi connectivity index (χ2v) is 6.57. The first-order valence-corrected chi connectivity index (χ1v) is 7.66. The van der Waals surface area contributed by atoms with E-state index in [9.17, 15) is 8.42 Å². The zero-order chi connectivity index (χ0) is 14.3. The van der Waals surface area contributed by atoms with Gasteiger partial charge in [0, 0.05) is 31.5 Å². The predicted octanol–water partition coefficient (Wildman–Crippen LogP) is 0.481. The van der Waals surface area contributed by atoms with Crippen LogP contribution in [0.1, 0.15) is 17.3 Å². The van der Waals surface area contributed by atoms with E-state index in [1.807, 2.05) is 10.8 Å². The molecule has 0 amide bonds. The molecule has 3 heterocycles. The molecular formula is C12H15N3O4S. The lowest BCUT2D eigenvalue weighted by Gasteiger charge is -2.26. The molecule has 0 unspecified atom stereocenters. The van der Waals surface area contributed by atoms with Gasteiger partial charge in [-0.1, -0.05) is 0 Å². The summed E-state index contributed by atoms with van der Waals surface area (Å²) >= 11 is 0. The van der Waals surface area contributed by atoms with Crippen molar-refractivity contribution in [3.8, 4) is 0 Å². The maximum atomic E-state index is 12.6. The van der Waals surface area contributed by atoms with Crippen LogP contribution in [0.2, 0.25) is 0 Å². The van der Waals surface area contributed by atoms with Crippen LogP contribution in [0.4, 0.5) is 0 Å². The van der Waals surface area contributed by atoms with E-state index in [4.69, 9.17) is 9.52 Å². The van der Waals surface area contributed by atoms with Gasteiger partial charge in [-0.15, -0.1) is 0 Å². The summed E-state index contributed by atoms with van der Waals surface area (Å²) < 4.78 is 33.8. The predicted molar refractivity (Wildman–Crippen MR) is 69.2 cm³/mol. The molecule has 8 heteroatoms. The molecule has 2 aromatic heterocycles. The van der Waals surface area contributed by atoms with Gasteiger partial charge in [0.15, 0.2) is 0 Å². The first-order chi connectivity index (χ1) is 9.52. The molecule has 0 aliphatic carbocycles. The van der Waals surface area contributed by atoms with Crippen molar-refractivity contribution < 1.29 is 17.9 Å². The Hall–Kier alpha value is -1.64. The summed E-state index contributed by atoms with van der Waals surface area (Å²) in [5.41, 5.74) is 0. The Morgan fingerprint density at radius 1 is 1.45 bits per heavy atom. The number of furan rings is 1. The van der Waals surface area contributed by atoms with Crippen LogP contribution in [-0.2, 0) is 29.7 Å². The van der Waals surface area contributed by atoms with E-state index in [1.165, 1.54) is 10.4 Å². The van der Waals surface area contributed by atoms with Gasteiger partial charge < -0.3 is 14.1 Å². The van der Waals surface area contributed by atoms with E-state index in [0.29, 0.717) is 18.8 Å². The molecule has 20 heavy (non-hydrogen) atoms. The monoisotopic (exact) mass is 297 g/mol. The van der Waals surface area contributed by atoms with E-state index in [1.54, 1.807) is 13.1 Å². The molecule has 7 nitrogen and oxygen atoms in total. The van der Waals surface area contributed by atoms with Crippen LogP contribution in [0.5, 0.6) is 0 Å². The van der Waals surface area contributed by atoms with Gasteiger partial charge in [0.05, 0.1) is 6.54 Å². The van der Waals surface area contributed by atoms with Crippen LogP contribution in [-0.4, -0.2) is 33.9 Å². The lowest BCUT2D eigenvalue weighted by molar-refractivity contribution is 0.244. The third-order valence-electron chi connectivity index (χ3n) is 3.41. The van der Waals surface area contributed by atoms with Crippen molar-refractivity contribution in [2.45, 2.75) is 31.5 Å². The Balaban J connectivity index is 1.95. The van der Waals surface area contributed by atoms with Crippen LogP contribution in [0, 0.1) is 6.92 Å². The van der Waals surface area contributed by atoms with Crippen LogP contribution in [0.25, 0.3) is 0 Å². The minimum absolute atomic E-state index is 0.113. The first kappa shape index (κ1) is 13.3. The summed E-state index contributed by atoms with van der Waals surface area (Å²) in [6.07, 6.45) is 3.50. The number of imidazole rings is 1. The van der Waals surface area contributed by atoms with Crippen LogP contribution < -0.4 is 0 Å². The summed E-state index contributed by atoms with van der Waals surface area (Å²) in [4.78, 5) is 4.26. The molecular weight excluding hydrogens is 282 g/mol. The fourth-order valence-corrected chi connectivity index (χ4v) is 3.92. The van der Waals surface area contributed by atoms with Gasteiger partial charge in [0.1, 0.15) is 28.8 Å². The zero-order valence-corrected chi connectivity index (χ0v) is 11.8. The van der Waals surface area contributed by atoms with Gasteiger partial charge in [0.25, 0.3) is 0 Å². The lowest BCUT2D eigenvalue weighted by atomic mass is 10.4. The number of aromatic nitrogens is 2. The standard InChI is InChI=1S/C12H15N3O4S/c1-9-11(6-10(8-16)19-9)20(17,18)15-5-4-14-3-2-13-12(14)7-15/h2-3,6,16H,4-5,7-8H2,1H3. The molecule has 0 saturated heterocycles. The number of hydrogen-bond donors (Lipinski definition) is 1. The molecule has 1 aliphatic rings. The van der Waals surface area contributed by atoms with Crippen molar-refractivity contribution in [2.24, 2.45) is 0 Å². The smallest absolute Gasteiger partial charge is 0.247 e. The third kappa shape index (κ3) is 2.05. The summed E-state index contributed by atoms with van der Waals surface area (Å²) in [5.74, 6) is 1.27. The van der Waals surface area contributed by atoms with E-state index in [0.717, 1.165) is 5.82 Å². The highest BCUT2D eigenvalue weighted by molar-refractivity contribution is 7.89. The van der Waals surface area contributed by atoms with Crippen LogP contribution >= 0.6 is 0 Å². The molecule has 0 aromatic carbocycles. The number of rotatable bonds is 3. The minimum Gasteiger partial charge on any atom is -0.462 e. The van der Waals surface area contributed by atoms with Gasteiger partial charge >= 0.3 is 0 Å². The molecule has 1 N–H and O–H groups in total. The Bertz CT molecular complexity index is 732. The van der Waals surface area contributed by atoms with Crippen molar-refractivity contribution >= 4 is 10.0 Å². The van der Waals surface area contributed by atoms with E-state index < -0.39 is 10.0 Å². The molecule has 3 rings (SSSR count). The molecule has 0 bridgehead atoms. The number of aryl methyl sites for hydroxylation is 1. The summed E-state index contributed by atoms with van der Waals surface area (Å²) in [6, 6.07) is 1.38. The topological polar surface area (TPSA) is 88.6 Å². The Kier molecular flexibility index (Phi) is 3.15. The maximum absolute atomic E-state index is 12.6. The number of aliphatic hydroxyl groups is 1. The Morgan fingerprint density at radius 3 is 2.95 bits per heavy atom. The van der Waals surface area contributed by atoms with Crippen molar-refractivity contribution in [2.75, 3.05) is 6.54 Å². The highest BCUT2D eigenvalue weighted by Gasteiger charge is 2.31. The largest absolute Gasteiger partial charge is 0.462 e. The van der Waals surface area contributed by atoms with Gasteiger partial charge in [-0.3, -0.25) is 0 Å². The SMILES string of the molecule is Cc1oc(CO)cc1S(=O)(=O)N1CCn2ccnc2C1.